The summed E-state index contributed by atoms with van der Waals surface area (Å²) in [6.07, 6.45) is 3.31. The Labute approximate surface area is 264 Å². The van der Waals surface area contributed by atoms with E-state index in [0.717, 1.165) is 31.5 Å². The average Bonchev–Trinajstić information content (AvgIpc) is 3.51. The number of likely N-dealkylation sites (tertiary alicyclic amines) is 1. The van der Waals surface area contributed by atoms with Gasteiger partial charge in [-0.1, -0.05) is 23.7 Å². The molecule has 0 radical (unpaired) electrons. The number of aromatic nitrogens is 1. The van der Waals surface area contributed by atoms with Gasteiger partial charge in [-0.15, -0.1) is 0 Å². The van der Waals surface area contributed by atoms with E-state index in [1.807, 2.05) is 0 Å². The van der Waals surface area contributed by atoms with Crippen molar-refractivity contribution in [2.45, 2.75) is 25.4 Å². The number of nitrogens with one attached hydrogen (secondary N) is 2. The van der Waals surface area contributed by atoms with Crippen LogP contribution < -0.4 is 24.8 Å². The summed E-state index contributed by atoms with van der Waals surface area (Å²) in [5, 5.41) is 17.0. The van der Waals surface area contributed by atoms with Gasteiger partial charge >= 0.3 is 0 Å². The number of pyridine rings is 1. The summed E-state index contributed by atoms with van der Waals surface area (Å²) in [6, 6.07) is 16.2. The average molecular weight is 639 g/mol. The van der Waals surface area contributed by atoms with Crippen LogP contribution in [0.1, 0.15) is 18.4 Å². The first-order valence-corrected chi connectivity index (χ1v) is 14.9. The highest BCUT2D eigenvalue weighted by atomic mass is 35.5. The highest BCUT2D eigenvalue weighted by Crippen LogP contribution is 2.38. The quantitative estimate of drug-likeness (QED) is 0.178. The molecule has 4 aromatic rings. The Balaban J connectivity index is 1.22. The Morgan fingerprint density at radius 1 is 1.07 bits per heavy atom. The minimum Gasteiger partial charge on any atom is -0.493 e. The zero-order chi connectivity index (χ0) is 31.1. The van der Waals surface area contributed by atoms with E-state index in [0.29, 0.717) is 45.4 Å². The summed E-state index contributed by atoms with van der Waals surface area (Å²) in [4.78, 5) is 19.0. The van der Waals surface area contributed by atoms with Crippen molar-refractivity contribution in [1.82, 2.24) is 15.2 Å². The Hall–Kier alpha value is -4.03. The van der Waals surface area contributed by atoms with Crippen LogP contribution in [0.5, 0.6) is 23.0 Å². The number of amides is 1. The third kappa shape index (κ3) is 8.32. The summed E-state index contributed by atoms with van der Waals surface area (Å²) in [5.74, 6) is 0.230. The molecule has 1 fully saturated rings. The van der Waals surface area contributed by atoms with Crippen LogP contribution in [0, 0.1) is 5.82 Å². The molecule has 3 aromatic carbocycles. The Morgan fingerprint density at radius 2 is 1.84 bits per heavy atom. The van der Waals surface area contributed by atoms with Crippen molar-refractivity contribution in [3.63, 3.8) is 0 Å². The van der Waals surface area contributed by atoms with E-state index in [9.17, 15) is 9.90 Å². The summed E-state index contributed by atoms with van der Waals surface area (Å²) in [6.45, 7) is 2.63. The lowest BCUT2D eigenvalue weighted by molar-refractivity contribution is -0.119. The van der Waals surface area contributed by atoms with Gasteiger partial charge in [-0.25, -0.2) is 4.39 Å². The van der Waals surface area contributed by atoms with E-state index in [2.05, 4.69) is 20.5 Å². The molecule has 2 heterocycles. The first kappa shape index (κ1) is 31.4. The molecule has 1 aliphatic heterocycles. The van der Waals surface area contributed by atoms with Gasteiger partial charge in [0.05, 0.1) is 19.0 Å². The van der Waals surface area contributed by atoms with E-state index in [1.165, 1.54) is 19.2 Å². The smallest absolute Gasteiger partial charge is 0.230 e. The fraction of sp³-hybridized carbons (Fsp3) is 0.281. The van der Waals surface area contributed by atoms with Crippen LogP contribution in [0.2, 0.25) is 5.02 Å². The number of ether oxygens (including phenoxy) is 3. The molecule has 1 saturated heterocycles. The second-order valence-corrected chi connectivity index (χ2v) is 11.2. The summed E-state index contributed by atoms with van der Waals surface area (Å²) < 4.78 is 32.5. The Bertz CT molecular complexity index is 1640. The molecule has 12 heteroatoms. The number of halogens is 2. The van der Waals surface area contributed by atoms with Crippen LogP contribution in [-0.4, -0.2) is 65.5 Å². The number of carbonyl (C=O) groups is 1. The molecule has 230 valence electrons. The lowest BCUT2D eigenvalue weighted by atomic mass is 10.1. The highest BCUT2D eigenvalue weighted by molar-refractivity contribution is 7.80. The number of rotatable bonds is 11. The van der Waals surface area contributed by atoms with Gasteiger partial charge in [0.1, 0.15) is 18.5 Å². The minimum atomic E-state index is -0.644. The first-order chi connectivity index (χ1) is 21.3. The number of hydrogen-bond acceptors (Lipinski definition) is 8. The predicted molar refractivity (Wildman–Crippen MR) is 171 cm³/mol. The third-order valence-corrected chi connectivity index (χ3v) is 7.48. The van der Waals surface area contributed by atoms with E-state index in [4.69, 9.17) is 38.0 Å². The maximum Gasteiger partial charge on any atom is 0.230 e. The number of carbonyl (C=O) groups excluding carboxylic acids is 1. The van der Waals surface area contributed by atoms with Crippen LogP contribution >= 0.6 is 23.8 Å². The third-order valence-electron chi connectivity index (χ3n) is 7.03. The molecule has 0 aliphatic carbocycles. The van der Waals surface area contributed by atoms with E-state index < -0.39 is 11.9 Å². The van der Waals surface area contributed by atoms with Gasteiger partial charge in [-0.3, -0.25) is 9.78 Å². The van der Waals surface area contributed by atoms with E-state index in [-0.39, 0.29) is 29.8 Å². The van der Waals surface area contributed by atoms with Crippen LogP contribution in [-0.2, 0) is 11.2 Å². The number of benzene rings is 3. The highest BCUT2D eigenvalue weighted by Gasteiger charge is 2.18. The van der Waals surface area contributed by atoms with Crippen molar-refractivity contribution in [2.24, 2.45) is 0 Å². The number of hydrogen-bond donors (Lipinski definition) is 3. The SMILES string of the molecule is COc1cc2c(Oc3ccc(NC(=S)NC(=O)Cc4ccc(Cl)cc4)cc3F)ccnc2cc1OCC(O)CN1CCCC1. The largest absolute Gasteiger partial charge is 0.493 e. The number of nitrogens with zero attached hydrogens (tertiary/aromatic N) is 2. The Kier molecular flexibility index (Phi) is 10.4. The first-order valence-electron chi connectivity index (χ1n) is 14.1. The molecular weight excluding hydrogens is 607 g/mol. The zero-order valence-corrected chi connectivity index (χ0v) is 25.6. The monoisotopic (exact) mass is 638 g/mol. The molecule has 5 rings (SSSR count). The zero-order valence-electron chi connectivity index (χ0n) is 24.0. The molecule has 0 spiro atoms. The van der Waals surface area contributed by atoms with Crippen molar-refractivity contribution >= 4 is 51.4 Å². The minimum absolute atomic E-state index is 0.0231. The number of anilines is 1. The fourth-order valence-electron chi connectivity index (χ4n) is 4.89. The summed E-state index contributed by atoms with van der Waals surface area (Å²) >= 11 is 11.1. The number of thiocarbonyl (C=S) groups is 1. The van der Waals surface area contributed by atoms with Crippen LogP contribution in [0.4, 0.5) is 10.1 Å². The van der Waals surface area contributed by atoms with Crippen molar-refractivity contribution in [2.75, 3.05) is 38.7 Å². The van der Waals surface area contributed by atoms with Crippen molar-refractivity contribution in [3.05, 3.63) is 83.3 Å². The maximum absolute atomic E-state index is 15.1. The van der Waals surface area contributed by atoms with Gasteiger partial charge < -0.3 is 34.9 Å². The number of aliphatic hydroxyl groups excluding tert-OH is 1. The van der Waals surface area contributed by atoms with Gasteiger partial charge in [0.15, 0.2) is 28.2 Å². The molecule has 0 bridgehead atoms. The molecule has 1 aliphatic rings. The van der Waals surface area contributed by atoms with Gasteiger partial charge in [0.25, 0.3) is 0 Å². The predicted octanol–water partition coefficient (Wildman–Crippen LogP) is 5.72. The van der Waals surface area contributed by atoms with Crippen molar-refractivity contribution in [3.8, 4) is 23.0 Å². The van der Waals surface area contributed by atoms with Gasteiger partial charge in [-0.2, -0.15) is 0 Å². The number of fused-ring (bicyclic) bond motifs is 1. The van der Waals surface area contributed by atoms with Crippen molar-refractivity contribution in [1.29, 1.82) is 0 Å². The lowest BCUT2D eigenvalue weighted by Crippen LogP contribution is -2.35. The second-order valence-electron chi connectivity index (χ2n) is 10.4. The van der Waals surface area contributed by atoms with Gasteiger partial charge in [0.2, 0.25) is 5.91 Å². The molecule has 1 aromatic heterocycles. The van der Waals surface area contributed by atoms with Crippen LogP contribution in [0.15, 0.2) is 66.9 Å². The Morgan fingerprint density at radius 3 is 2.57 bits per heavy atom. The van der Waals surface area contributed by atoms with E-state index >= 15 is 4.39 Å². The standard InChI is InChI=1S/C32H32ClFN4O5S/c1-41-29-16-24-26(17-30(29)42-19-23(39)18-38-12-2-3-13-38)35-11-10-27(24)43-28-9-8-22(15-25(28)34)36-32(44)37-31(40)14-20-4-6-21(33)7-5-20/h4-11,15-17,23,39H,2-3,12-14,18-19H2,1H3,(H2,36,37,40,44). The molecule has 44 heavy (non-hydrogen) atoms. The summed E-state index contributed by atoms with van der Waals surface area (Å²) in [5.41, 5.74) is 1.66. The number of aliphatic hydroxyl groups is 1. The molecule has 1 atom stereocenters. The van der Waals surface area contributed by atoms with Crippen molar-refractivity contribution < 1.29 is 28.5 Å². The second kappa shape index (κ2) is 14.6. The van der Waals surface area contributed by atoms with Gasteiger partial charge in [0, 0.05) is 41.0 Å². The van der Waals surface area contributed by atoms with Crippen LogP contribution in [0.3, 0.4) is 0 Å². The molecule has 1 amide bonds. The van der Waals surface area contributed by atoms with Crippen LogP contribution in [0.25, 0.3) is 10.9 Å². The van der Waals surface area contributed by atoms with E-state index in [1.54, 1.807) is 54.7 Å². The number of methoxy groups -OCH3 is 1. The lowest BCUT2D eigenvalue weighted by Gasteiger charge is -2.20. The molecule has 9 nitrogen and oxygen atoms in total. The van der Waals surface area contributed by atoms with Gasteiger partial charge in [-0.05, 0) is 80.1 Å². The summed E-state index contributed by atoms with van der Waals surface area (Å²) in [7, 11) is 1.52. The molecule has 1 unspecified atom stereocenters. The normalized spacial score (nSPS) is 13.8. The maximum atomic E-state index is 15.1. The fourth-order valence-corrected chi connectivity index (χ4v) is 5.25. The number of β-amino-alcohol motifs (C(OH)–C–C–N with tert-alkyl or cyclic N) is 1. The molecular formula is C32H32ClFN4O5S. The molecule has 3 N–H and O–H groups in total. The topological polar surface area (TPSA) is 105 Å². The molecule has 0 saturated carbocycles.